The summed E-state index contributed by atoms with van der Waals surface area (Å²) in [5, 5.41) is 3.95. The highest BCUT2D eigenvalue weighted by Gasteiger charge is 2.38. The SMILES string of the molecule is CC(=O)[C@@H](Cc1c[nH]c2ccccc12)NC(=O)C1(N)CCCC1. The smallest absolute Gasteiger partial charge is 0.240 e. The Kier molecular flexibility index (Phi) is 4.22. The molecule has 0 spiro atoms. The van der Waals surface area contributed by atoms with Crippen LogP contribution in [-0.4, -0.2) is 28.3 Å². The van der Waals surface area contributed by atoms with E-state index in [9.17, 15) is 9.59 Å². The van der Waals surface area contributed by atoms with Gasteiger partial charge in [-0.25, -0.2) is 0 Å². The second-order valence-corrected chi connectivity index (χ2v) is 6.56. The summed E-state index contributed by atoms with van der Waals surface area (Å²) in [7, 11) is 0. The van der Waals surface area contributed by atoms with Gasteiger partial charge in [0.25, 0.3) is 0 Å². The van der Waals surface area contributed by atoms with Gasteiger partial charge in [0, 0.05) is 23.5 Å². The van der Waals surface area contributed by atoms with Crippen molar-refractivity contribution < 1.29 is 9.59 Å². The average molecular weight is 313 g/mol. The maximum atomic E-state index is 12.5. The van der Waals surface area contributed by atoms with Gasteiger partial charge < -0.3 is 16.0 Å². The Balaban J connectivity index is 1.77. The third-order valence-corrected chi connectivity index (χ3v) is 4.84. The Morgan fingerprint density at radius 1 is 1.30 bits per heavy atom. The standard InChI is InChI=1S/C18H23N3O2/c1-12(22)16(21-17(23)18(19)8-4-5-9-18)10-13-11-20-15-7-3-2-6-14(13)15/h2-3,6-7,11,16,20H,4-5,8-10,19H2,1H3,(H,21,23)/t16-/m1/s1. The Morgan fingerprint density at radius 2 is 2.00 bits per heavy atom. The molecule has 122 valence electrons. The predicted molar refractivity (Wildman–Crippen MR) is 90.0 cm³/mol. The molecule has 23 heavy (non-hydrogen) atoms. The third kappa shape index (κ3) is 3.15. The molecule has 0 unspecified atom stereocenters. The Labute approximate surface area is 135 Å². The number of carbonyl (C=O) groups is 2. The second-order valence-electron chi connectivity index (χ2n) is 6.56. The molecule has 1 amide bonds. The Bertz CT molecular complexity index is 729. The molecule has 1 heterocycles. The molecule has 1 aliphatic carbocycles. The number of Topliss-reactive ketones (excluding diaryl/α,β-unsaturated/α-hetero) is 1. The van der Waals surface area contributed by atoms with E-state index in [1.807, 2.05) is 30.5 Å². The zero-order valence-corrected chi connectivity index (χ0v) is 13.4. The first-order valence-corrected chi connectivity index (χ1v) is 8.15. The van der Waals surface area contributed by atoms with Crippen molar-refractivity contribution in [1.82, 2.24) is 10.3 Å². The lowest BCUT2D eigenvalue weighted by Gasteiger charge is -2.25. The summed E-state index contributed by atoms with van der Waals surface area (Å²) >= 11 is 0. The molecule has 0 bridgehead atoms. The van der Waals surface area contributed by atoms with Crippen molar-refractivity contribution in [2.45, 2.75) is 50.6 Å². The van der Waals surface area contributed by atoms with Crippen molar-refractivity contribution in [1.29, 1.82) is 0 Å². The highest BCUT2D eigenvalue weighted by molar-refractivity contribution is 5.93. The van der Waals surface area contributed by atoms with E-state index in [0.717, 1.165) is 29.3 Å². The van der Waals surface area contributed by atoms with Crippen LogP contribution in [0.4, 0.5) is 0 Å². The highest BCUT2D eigenvalue weighted by atomic mass is 16.2. The first-order chi connectivity index (χ1) is 11.0. The summed E-state index contributed by atoms with van der Waals surface area (Å²) in [6.45, 7) is 1.51. The number of hydrogen-bond donors (Lipinski definition) is 3. The van der Waals surface area contributed by atoms with Gasteiger partial charge in [0.2, 0.25) is 5.91 Å². The van der Waals surface area contributed by atoms with Crippen molar-refractivity contribution in [2.24, 2.45) is 5.73 Å². The van der Waals surface area contributed by atoms with Gasteiger partial charge in [0.05, 0.1) is 11.6 Å². The molecule has 0 aliphatic heterocycles. The van der Waals surface area contributed by atoms with E-state index < -0.39 is 11.6 Å². The van der Waals surface area contributed by atoms with Crippen LogP contribution in [-0.2, 0) is 16.0 Å². The number of amides is 1. The molecule has 2 aromatic rings. The molecular weight excluding hydrogens is 290 g/mol. The van der Waals surface area contributed by atoms with E-state index in [2.05, 4.69) is 10.3 Å². The van der Waals surface area contributed by atoms with Crippen LogP contribution in [0.2, 0.25) is 0 Å². The van der Waals surface area contributed by atoms with E-state index >= 15 is 0 Å². The first kappa shape index (κ1) is 15.7. The van der Waals surface area contributed by atoms with Crippen LogP contribution in [0.15, 0.2) is 30.5 Å². The molecule has 1 aromatic heterocycles. The third-order valence-electron chi connectivity index (χ3n) is 4.84. The number of H-pyrrole nitrogens is 1. The molecule has 1 aromatic carbocycles. The lowest BCUT2D eigenvalue weighted by molar-refractivity contribution is -0.130. The van der Waals surface area contributed by atoms with Crippen molar-refractivity contribution >= 4 is 22.6 Å². The fourth-order valence-electron chi connectivity index (χ4n) is 3.35. The molecule has 0 radical (unpaired) electrons. The summed E-state index contributed by atoms with van der Waals surface area (Å²) in [4.78, 5) is 27.7. The summed E-state index contributed by atoms with van der Waals surface area (Å²) in [5.41, 5.74) is 7.43. The van der Waals surface area contributed by atoms with Gasteiger partial charge >= 0.3 is 0 Å². The van der Waals surface area contributed by atoms with Crippen LogP contribution in [0.5, 0.6) is 0 Å². The minimum Gasteiger partial charge on any atom is -0.361 e. The van der Waals surface area contributed by atoms with E-state index in [-0.39, 0.29) is 11.7 Å². The molecule has 1 fully saturated rings. The molecular formula is C18H23N3O2. The van der Waals surface area contributed by atoms with Gasteiger partial charge in [-0.2, -0.15) is 0 Å². The highest BCUT2D eigenvalue weighted by Crippen LogP contribution is 2.27. The average Bonchev–Trinajstić information content (AvgIpc) is 3.14. The summed E-state index contributed by atoms with van der Waals surface area (Å²) < 4.78 is 0. The van der Waals surface area contributed by atoms with Crippen molar-refractivity contribution in [2.75, 3.05) is 0 Å². The Hall–Kier alpha value is -2.14. The lowest BCUT2D eigenvalue weighted by Crippen LogP contribution is -2.56. The first-order valence-electron chi connectivity index (χ1n) is 8.15. The number of benzene rings is 1. The Morgan fingerprint density at radius 3 is 2.70 bits per heavy atom. The molecule has 5 heteroatoms. The quantitative estimate of drug-likeness (QED) is 0.789. The number of aromatic nitrogens is 1. The minimum atomic E-state index is -0.812. The number of ketones is 1. The van der Waals surface area contributed by atoms with Crippen molar-refractivity contribution in [3.05, 3.63) is 36.0 Å². The number of para-hydroxylation sites is 1. The maximum absolute atomic E-state index is 12.5. The monoisotopic (exact) mass is 313 g/mol. The van der Waals surface area contributed by atoms with Crippen LogP contribution >= 0.6 is 0 Å². The molecule has 5 nitrogen and oxygen atoms in total. The molecule has 3 rings (SSSR count). The zero-order chi connectivity index (χ0) is 16.4. The minimum absolute atomic E-state index is 0.0507. The number of hydrogen-bond acceptors (Lipinski definition) is 3. The fraction of sp³-hybridized carbons (Fsp3) is 0.444. The number of carbonyl (C=O) groups excluding carboxylic acids is 2. The second kappa shape index (κ2) is 6.16. The number of aromatic amines is 1. The number of nitrogens with two attached hydrogens (primary N) is 1. The number of rotatable bonds is 5. The fourth-order valence-corrected chi connectivity index (χ4v) is 3.35. The summed E-state index contributed by atoms with van der Waals surface area (Å²) in [6.07, 6.45) is 5.70. The van der Waals surface area contributed by atoms with Crippen LogP contribution in [0.1, 0.15) is 38.2 Å². The molecule has 1 saturated carbocycles. The predicted octanol–water partition coefficient (Wildman–Crippen LogP) is 2.06. The number of fused-ring (bicyclic) bond motifs is 1. The van der Waals surface area contributed by atoms with E-state index in [1.165, 1.54) is 6.92 Å². The van der Waals surface area contributed by atoms with Gasteiger partial charge in [0.15, 0.2) is 5.78 Å². The van der Waals surface area contributed by atoms with E-state index in [1.54, 1.807) is 0 Å². The molecule has 1 atom stereocenters. The zero-order valence-electron chi connectivity index (χ0n) is 13.4. The van der Waals surface area contributed by atoms with Gasteiger partial charge in [-0.15, -0.1) is 0 Å². The van der Waals surface area contributed by atoms with E-state index in [0.29, 0.717) is 19.3 Å². The molecule has 0 saturated heterocycles. The van der Waals surface area contributed by atoms with Crippen LogP contribution in [0, 0.1) is 0 Å². The van der Waals surface area contributed by atoms with Crippen LogP contribution < -0.4 is 11.1 Å². The van der Waals surface area contributed by atoms with Crippen molar-refractivity contribution in [3.63, 3.8) is 0 Å². The van der Waals surface area contributed by atoms with Gasteiger partial charge in [-0.05, 0) is 31.4 Å². The van der Waals surface area contributed by atoms with Crippen LogP contribution in [0.25, 0.3) is 10.9 Å². The largest absolute Gasteiger partial charge is 0.361 e. The van der Waals surface area contributed by atoms with Gasteiger partial charge in [-0.3, -0.25) is 9.59 Å². The van der Waals surface area contributed by atoms with E-state index in [4.69, 9.17) is 5.73 Å². The van der Waals surface area contributed by atoms with Gasteiger partial charge in [0.1, 0.15) is 0 Å². The molecule has 4 N–H and O–H groups in total. The van der Waals surface area contributed by atoms with Crippen molar-refractivity contribution in [3.8, 4) is 0 Å². The summed E-state index contributed by atoms with van der Waals surface area (Å²) in [6, 6.07) is 7.40. The summed E-state index contributed by atoms with van der Waals surface area (Å²) in [5.74, 6) is -0.250. The topological polar surface area (TPSA) is 88.0 Å². The number of nitrogens with one attached hydrogen (secondary N) is 2. The molecule has 1 aliphatic rings. The normalized spacial score (nSPS) is 18.0. The van der Waals surface area contributed by atoms with Crippen LogP contribution in [0.3, 0.4) is 0 Å². The maximum Gasteiger partial charge on any atom is 0.240 e. The van der Waals surface area contributed by atoms with Gasteiger partial charge in [-0.1, -0.05) is 31.0 Å². The lowest BCUT2D eigenvalue weighted by atomic mass is 9.96.